The highest BCUT2D eigenvalue weighted by atomic mass is 35.5. The average molecular weight is 338 g/mol. The van der Waals surface area contributed by atoms with E-state index in [1.807, 2.05) is 0 Å². The van der Waals surface area contributed by atoms with Crippen molar-refractivity contribution in [3.05, 3.63) is 39.9 Å². The van der Waals surface area contributed by atoms with E-state index in [4.69, 9.17) is 16.3 Å². The normalized spacial score (nSPS) is 11.3. The Morgan fingerprint density at radius 3 is 2.71 bits per heavy atom. The van der Waals surface area contributed by atoms with Gasteiger partial charge in [-0.15, -0.1) is 0 Å². The van der Waals surface area contributed by atoms with Crippen LogP contribution in [0.1, 0.15) is 15.2 Å². The zero-order chi connectivity index (χ0) is 15.6. The minimum absolute atomic E-state index is 0.0149. The number of rotatable bonds is 3. The van der Waals surface area contributed by atoms with Gasteiger partial charge in [-0.05, 0) is 18.2 Å². The van der Waals surface area contributed by atoms with Crippen LogP contribution >= 0.6 is 22.9 Å². The van der Waals surface area contributed by atoms with Crippen LogP contribution in [0.3, 0.4) is 0 Å². The van der Waals surface area contributed by atoms with Gasteiger partial charge in [-0.25, -0.2) is 4.79 Å². The maximum atomic E-state index is 12.6. The van der Waals surface area contributed by atoms with Gasteiger partial charge in [-0.1, -0.05) is 29.0 Å². The van der Waals surface area contributed by atoms with Gasteiger partial charge in [0.2, 0.25) is 0 Å². The molecule has 21 heavy (non-hydrogen) atoms. The van der Waals surface area contributed by atoms with E-state index in [1.54, 1.807) is 0 Å². The van der Waals surface area contributed by atoms with Crippen molar-refractivity contribution >= 4 is 28.9 Å². The number of carbonyl (C=O) groups is 1. The number of hydrogen-bond acceptors (Lipinski definition) is 5. The van der Waals surface area contributed by atoms with E-state index < -0.39 is 17.7 Å². The van der Waals surface area contributed by atoms with Gasteiger partial charge in [0, 0.05) is 0 Å². The molecule has 0 unspecified atom stereocenters. The molecular weight excluding hydrogens is 331 g/mol. The summed E-state index contributed by atoms with van der Waals surface area (Å²) < 4.78 is 47.4. The molecular formula is C12H7ClF3NO3S. The highest BCUT2D eigenvalue weighted by Crippen LogP contribution is 2.35. The average Bonchev–Trinajstić information content (AvgIpc) is 2.78. The number of alkyl halides is 3. The standard InChI is InChI=1S/C12H7ClF3NO3S/c1-19-10(18)8-9(13)17-11(21-8)20-7-4-2-3-6(5-7)12(14,15)16/h2-5H,1H3. The van der Waals surface area contributed by atoms with Gasteiger partial charge in [-0.3, -0.25) is 0 Å². The molecule has 2 aromatic rings. The van der Waals surface area contributed by atoms with Gasteiger partial charge in [0.05, 0.1) is 12.7 Å². The van der Waals surface area contributed by atoms with Crippen molar-refractivity contribution in [3.63, 3.8) is 0 Å². The predicted molar refractivity (Wildman–Crippen MR) is 70.0 cm³/mol. The van der Waals surface area contributed by atoms with Crippen LogP contribution in [0.25, 0.3) is 0 Å². The van der Waals surface area contributed by atoms with Crippen LogP contribution in [0.4, 0.5) is 13.2 Å². The van der Waals surface area contributed by atoms with Crippen LogP contribution in [0.5, 0.6) is 10.9 Å². The van der Waals surface area contributed by atoms with Gasteiger partial charge >= 0.3 is 12.1 Å². The Morgan fingerprint density at radius 1 is 1.38 bits per heavy atom. The molecule has 0 saturated carbocycles. The monoisotopic (exact) mass is 337 g/mol. The fourth-order valence-corrected chi connectivity index (χ4v) is 2.45. The molecule has 0 atom stereocenters. The number of hydrogen-bond donors (Lipinski definition) is 0. The first-order valence-corrected chi connectivity index (χ1v) is 6.60. The zero-order valence-corrected chi connectivity index (χ0v) is 12.0. The van der Waals surface area contributed by atoms with Gasteiger partial charge in [-0.2, -0.15) is 18.2 Å². The van der Waals surface area contributed by atoms with Crippen molar-refractivity contribution in [1.82, 2.24) is 4.98 Å². The second kappa shape index (κ2) is 5.90. The number of esters is 1. The molecule has 0 spiro atoms. The first-order chi connectivity index (χ1) is 9.81. The first-order valence-electron chi connectivity index (χ1n) is 5.41. The fourth-order valence-electron chi connectivity index (χ4n) is 1.38. The lowest BCUT2D eigenvalue weighted by Crippen LogP contribution is -2.04. The molecule has 1 aromatic carbocycles. The fraction of sp³-hybridized carbons (Fsp3) is 0.167. The number of halogens is 4. The Balaban J connectivity index is 2.25. The molecule has 0 bridgehead atoms. The summed E-state index contributed by atoms with van der Waals surface area (Å²) in [5.74, 6) is -0.761. The second-order valence-electron chi connectivity index (χ2n) is 3.72. The number of carbonyl (C=O) groups excluding carboxylic acids is 1. The van der Waals surface area contributed by atoms with Crippen LogP contribution in [-0.4, -0.2) is 18.1 Å². The number of benzene rings is 1. The molecule has 112 valence electrons. The molecule has 0 aliphatic heterocycles. The minimum Gasteiger partial charge on any atom is -0.465 e. The molecule has 0 radical (unpaired) electrons. The Labute approximate surface area is 126 Å². The lowest BCUT2D eigenvalue weighted by Gasteiger charge is -2.08. The van der Waals surface area contributed by atoms with Crippen LogP contribution in [0.2, 0.25) is 5.15 Å². The van der Waals surface area contributed by atoms with E-state index in [9.17, 15) is 18.0 Å². The largest absolute Gasteiger partial charge is 0.465 e. The second-order valence-corrected chi connectivity index (χ2v) is 5.04. The highest BCUT2D eigenvalue weighted by molar-refractivity contribution is 7.15. The SMILES string of the molecule is COC(=O)c1sc(Oc2cccc(C(F)(F)F)c2)nc1Cl. The molecule has 0 saturated heterocycles. The number of aromatic nitrogens is 1. The first kappa shape index (κ1) is 15.6. The van der Waals surface area contributed by atoms with Crippen LogP contribution < -0.4 is 4.74 Å². The van der Waals surface area contributed by atoms with Gasteiger partial charge < -0.3 is 9.47 Å². The smallest absolute Gasteiger partial charge is 0.416 e. The Bertz CT molecular complexity index is 672. The van der Waals surface area contributed by atoms with E-state index in [0.717, 1.165) is 23.5 Å². The molecule has 1 heterocycles. The summed E-state index contributed by atoms with van der Waals surface area (Å²) in [6.07, 6.45) is -4.48. The summed E-state index contributed by atoms with van der Waals surface area (Å²) in [5.41, 5.74) is -0.851. The van der Waals surface area contributed by atoms with Crippen molar-refractivity contribution in [2.45, 2.75) is 6.18 Å². The Morgan fingerprint density at radius 2 is 2.10 bits per heavy atom. The molecule has 2 rings (SSSR count). The Hall–Kier alpha value is -1.80. The summed E-state index contributed by atoms with van der Waals surface area (Å²) in [5, 5.41) is -0.187. The van der Waals surface area contributed by atoms with E-state index in [1.165, 1.54) is 19.2 Å². The van der Waals surface area contributed by atoms with Crippen LogP contribution in [0.15, 0.2) is 24.3 Å². The third kappa shape index (κ3) is 3.64. The van der Waals surface area contributed by atoms with Crippen molar-refractivity contribution < 1.29 is 27.4 Å². The third-order valence-electron chi connectivity index (χ3n) is 2.30. The van der Waals surface area contributed by atoms with Crippen molar-refractivity contribution in [2.24, 2.45) is 0 Å². The highest BCUT2D eigenvalue weighted by Gasteiger charge is 2.30. The maximum absolute atomic E-state index is 12.6. The molecule has 0 N–H and O–H groups in total. The van der Waals surface area contributed by atoms with Gasteiger partial charge in [0.25, 0.3) is 5.19 Å². The zero-order valence-electron chi connectivity index (χ0n) is 10.4. The molecule has 0 fully saturated rings. The summed E-state index contributed by atoms with van der Waals surface area (Å²) in [4.78, 5) is 15.1. The summed E-state index contributed by atoms with van der Waals surface area (Å²) in [6, 6.07) is 4.28. The van der Waals surface area contributed by atoms with Crippen molar-refractivity contribution in [2.75, 3.05) is 7.11 Å². The summed E-state index contributed by atoms with van der Waals surface area (Å²) in [6.45, 7) is 0. The van der Waals surface area contributed by atoms with E-state index in [2.05, 4.69) is 9.72 Å². The van der Waals surface area contributed by atoms with E-state index in [0.29, 0.717) is 0 Å². The third-order valence-corrected chi connectivity index (χ3v) is 3.60. The Kier molecular flexibility index (Phi) is 4.38. The quantitative estimate of drug-likeness (QED) is 0.779. The van der Waals surface area contributed by atoms with Gasteiger partial charge in [0.1, 0.15) is 5.75 Å². The molecule has 0 aliphatic rings. The molecule has 4 nitrogen and oxygen atoms in total. The summed E-state index contributed by atoms with van der Waals surface area (Å²) >= 11 is 6.51. The molecule has 0 amide bonds. The van der Waals surface area contributed by atoms with E-state index in [-0.39, 0.29) is 21.0 Å². The van der Waals surface area contributed by atoms with Crippen molar-refractivity contribution in [1.29, 1.82) is 0 Å². The van der Waals surface area contributed by atoms with Crippen LogP contribution in [-0.2, 0) is 10.9 Å². The molecule has 9 heteroatoms. The number of nitrogens with zero attached hydrogens (tertiary/aromatic N) is 1. The molecule has 1 aromatic heterocycles. The maximum Gasteiger partial charge on any atom is 0.416 e. The lowest BCUT2D eigenvalue weighted by molar-refractivity contribution is -0.137. The number of ether oxygens (including phenoxy) is 2. The van der Waals surface area contributed by atoms with Gasteiger partial charge in [0.15, 0.2) is 10.0 Å². The minimum atomic E-state index is -4.48. The van der Waals surface area contributed by atoms with Crippen LogP contribution in [0, 0.1) is 0 Å². The van der Waals surface area contributed by atoms with E-state index >= 15 is 0 Å². The lowest BCUT2D eigenvalue weighted by atomic mass is 10.2. The number of thiazole rings is 1. The predicted octanol–water partition coefficient (Wildman–Crippen LogP) is 4.39. The topological polar surface area (TPSA) is 48.4 Å². The van der Waals surface area contributed by atoms with Crippen molar-refractivity contribution in [3.8, 4) is 10.9 Å². The number of methoxy groups -OCH3 is 1. The molecule has 0 aliphatic carbocycles. The summed E-state index contributed by atoms with van der Waals surface area (Å²) in [7, 11) is 1.17.